The Morgan fingerprint density at radius 3 is 2.88 bits per heavy atom. The third-order valence-electron chi connectivity index (χ3n) is 3.11. The Morgan fingerprint density at radius 2 is 2.24 bits per heavy atom. The molecule has 1 aromatic carbocycles. The van der Waals surface area contributed by atoms with Crippen LogP contribution in [-0.2, 0) is 0 Å². The van der Waals surface area contributed by atoms with Crippen molar-refractivity contribution in [3.8, 4) is 5.75 Å². The number of fused-ring (bicyclic) bond motifs is 1. The molecule has 1 aromatic heterocycles. The molecule has 4 heteroatoms. The van der Waals surface area contributed by atoms with Crippen LogP contribution in [0.2, 0.25) is 0 Å². The van der Waals surface area contributed by atoms with Gasteiger partial charge < -0.3 is 20.6 Å². The molecule has 0 aliphatic rings. The number of nitrogens with one attached hydrogen (secondary N) is 1. The first-order chi connectivity index (χ1) is 8.19. The Labute approximate surface area is 100 Å². The summed E-state index contributed by atoms with van der Waals surface area (Å²) in [6, 6.07) is 5.47. The summed E-state index contributed by atoms with van der Waals surface area (Å²) in [4.78, 5) is 3.13. The minimum atomic E-state index is -0.676. The topological polar surface area (TPSA) is 71.3 Å². The summed E-state index contributed by atoms with van der Waals surface area (Å²) >= 11 is 0. The maximum atomic E-state index is 10.2. The standard InChI is InChI=1S/C13H18N2O2/c1-3-9(14)13(16)8-7-15-10-5-4-6-11(17-2)12(8)10/h4-7,9,13,15-16H,3,14H2,1-2H3. The lowest BCUT2D eigenvalue weighted by Gasteiger charge is -2.17. The summed E-state index contributed by atoms with van der Waals surface area (Å²) in [6.45, 7) is 1.96. The van der Waals surface area contributed by atoms with Crippen molar-refractivity contribution in [2.24, 2.45) is 5.73 Å². The molecule has 0 spiro atoms. The van der Waals surface area contributed by atoms with Gasteiger partial charge in [-0.05, 0) is 18.6 Å². The van der Waals surface area contributed by atoms with E-state index in [1.165, 1.54) is 0 Å². The van der Waals surface area contributed by atoms with Crippen molar-refractivity contribution < 1.29 is 9.84 Å². The Kier molecular flexibility index (Phi) is 3.36. The van der Waals surface area contributed by atoms with Gasteiger partial charge in [0.2, 0.25) is 0 Å². The van der Waals surface area contributed by atoms with E-state index in [2.05, 4.69) is 4.98 Å². The fourth-order valence-corrected chi connectivity index (χ4v) is 2.03. The summed E-state index contributed by atoms with van der Waals surface area (Å²) in [7, 11) is 1.62. The van der Waals surface area contributed by atoms with Gasteiger partial charge in [0.15, 0.2) is 0 Å². The summed E-state index contributed by atoms with van der Waals surface area (Å²) in [5.41, 5.74) is 7.63. The van der Waals surface area contributed by atoms with Gasteiger partial charge in [0.05, 0.1) is 13.2 Å². The molecule has 0 aliphatic carbocycles. The normalized spacial score (nSPS) is 14.8. The number of aromatic nitrogens is 1. The SMILES string of the molecule is CCC(N)C(O)c1c[nH]c2cccc(OC)c12. The van der Waals surface area contributed by atoms with Crippen LogP contribution in [-0.4, -0.2) is 23.2 Å². The predicted octanol–water partition coefficient (Wildman–Crippen LogP) is 1.95. The molecule has 4 nitrogen and oxygen atoms in total. The first kappa shape index (κ1) is 12.0. The summed E-state index contributed by atoms with van der Waals surface area (Å²) in [6.07, 6.45) is 1.85. The molecule has 0 amide bonds. The van der Waals surface area contributed by atoms with E-state index < -0.39 is 6.10 Å². The van der Waals surface area contributed by atoms with Gasteiger partial charge in [0.25, 0.3) is 0 Å². The Morgan fingerprint density at radius 1 is 1.47 bits per heavy atom. The largest absolute Gasteiger partial charge is 0.496 e. The van der Waals surface area contributed by atoms with Crippen LogP contribution < -0.4 is 10.5 Å². The van der Waals surface area contributed by atoms with Crippen LogP contribution in [0, 0.1) is 0 Å². The molecule has 0 saturated heterocycles. The van der Waals surface area contributed by atoms with Crippen LogP contribution in [0.3, 0.4) is 0 Å². The zero-order chi connectivity index (χ0) is 12.4. The molecule has 17 heavy (non-hydrogen) atoms. The van der Waals surface area contributed by atoms with Crippen LogP contribution in [0.15, 0.2) is 24.4 Å². The molecular formula is C13H18N2O2. The minimum absolute atomic E-state index is 0.265. The lowest BCUT2D eigenvalue weighted by atomic mass is 10.00. The smallest absolute Gasteiger partial charge is 0.128 e. The van der Waals surface area contributed by atoms with Gasteiger partial charge >= 0.3 is 0 Å². The molecule has 4 N–H and O–H groups in total. The third kappa shape index (κ3) is 2.01. The van der Waals surface area contributed by atoms with Crippen molar-refractivity contribution >= 4 is 10.9 Å². The van der Waals surface area contributed by atoms with Crippen molar-refractivity contribution in [2.45, 2.75) is 25.5 Å². The second-order valence-corrected chi connectivity index (χ2v) is 4.14. The molecule has 0 aliphatic heterocycles. The second-order valence-electron chi connectivity index (χ2n) is 4.14. The molecule has 2 aromatic rings. The fraction of sp³-hybridized carbons (Fsp3) is 0.385. The highest BCUT2D eigenvalue weighted by atomic mass is 16.5. The number of hydrogen-bond acceptors (Lipinski definition) is 3. The number of nitrogens with two attached hydrogens (primary N) is 1. The Balaban J connectivity index is 2.54. The van der Waals surface area contributed by atoms with Crippen molar-refractivity contribution in [3.05, 3.63) is 30.0 Å². The first-order valence-electron chi connectivity index (χ1n) is 5.76. The van der Waals surface area contributed by atoms with Crippen LogP contribution >= 0.6 is 0 Å². The van der Waals surface area contributed by atoms with Gasteiger partial charge in [-0.1, -0.05) is 13.0 Å². The lowest BCUT2D eigenvalue weighted by Crippen LogP contribution is -2.27. The maximum Gasteiger partial charge on any atom is 0.128 e. The van der Waals surface area contributed by atoms with E-state index in [4.69, 9.17) is 10.5 Å². The van der Waals surface area contributed by atoms with Gasteiger partial charge in [-0.2, -0.15) is 0 Å². The van der Waals surface area contributed by atoms with Crippen LogP contribution in [0.5, 0.6) is 5.75 Å². The Bertz CT molecular complexity index is 507. The number of ether oxygens (including phenoxy) is 1. The molecule has 92 valence electrons. The monoisotopic (exact) mass is 234 g/mol. The van der Waals surface area contributed by atoms with Gasteiger partial charge in [-0.25, -0.2) is 0 Å². The molecule has 1 heterocycles. The lowest BCUT2D eigenvalue weighted by molar-refractivity contribution is 0.146. The molecule has 0 radical (unpaired) electrons. The average Bonchev–Trinajstić information content (AvgIpc) is 2.80. The number of benzene rings is 1. The van der Waals surface area contributed by atoms with Crippen LogP contribution in [0.1, 0.15) is 25.0 Å². The van der Waals surface area contributed by atoms with Crippen LogP contribution in [0.4, 0.5) is 0 Å². The van der Waals surface area contributed by atoms with Gasteiger partial charge in [-0.3, -0.25) is 0 Å². The van der Waals surface area contributed by atoms with E-state index in [1.54, 1.807) is 13.3 Å². The highest BCUT2D eigenvalue weighted by Crippen LogP contribution is 2.33. The summed E-state index contributed by atoms with van der Waals surface area (Å²) in [5, 5.41) is 11.1. The highest BCUT2D eigenvalue weighted by Gasteiger charge is 2.20. The zero-order valence-electron chi connectivity index (χ0n) is 10.1. The van der Waals surface area contributed by atoms with Gasteiger partial charge in [0, 0.05) is 28.7 Å². The molecular weight excluding hydrogens is 216 g/mol. The van der Waals surface area contributed by atoms with Gasteiger partial charge in [0.1, 0.15) is 5.75 Å². The molecule has 0 bridgehead atoms. The molecule has 0 fully saturated rings. The zero-order valence-corrected chi connectivity index (χ0v) is 10.1. The van der Waals surface area contributed by atoms with Crippen molar-refractivity contribution in [1.82, 2.24) is 4.98 Å². The number of aromatic amines is 1. The number of aliphatic hydroxyl groups is 1. The fourth-order valence-electron chi connectivity index (χ4n) is 2.03. The number of rotatable bonds is 4. The summed E-state index contributed by atoms with van der Waals surface area (Å²) < 4.78 is 5.32. The van der Waals surface area contributed by atoms with E-state index in [0.29, 0.717) is 0 Å². The second kappa shape index (κ2) is 4.77. The van der Waals surface area contributed by atoms with E-state index in [-0.39, 0.29) is 6.04 Å². The van der Waals surface area contributed by atoms with Crippen molar-refractivity contribution in [3.63, 3.8) is 0 Å². The number of aliphatic hydroxyl groups excluding tert-OH is 1. The average molecular weight is 234 g/mol. The molecule has 2 atom stereocenters. The van der Waals surface area contributed by atoms with Crippen LogP contribution in [0.25, 0.3) is 10.9 Å². The van der Waals surface area contributed by atoms with Gasteiger partial charge in [-0.15, -0.1) is 0 Å². The molecule has 2 unspecified atom stereocenters. The van der Waals surface area contributed by atoms with E-state index in [0.717, 1.165) is 28.6 Å². The minimum Gasteiger partial charge on any atom is -0.496 e. The van der Waals surface area contributed by atoms with Crippen molar-refractivity contribution in [2.75, 3.05) is 7.11 Å². The maximum absolute atomic E-state index is 10.2. The van der Waals surface area contributed by atoms with E-state index >= 15 is 0 Å². The van der Waals surface area contributed by atoms with E-state index in [9.17, 15) is 5.11 Å². The highest BCUT2D eigenvalue weighted by molar-refractivity contribution is 5.89. The molecule has 2 rings (SSSR count). The van der Waals surface area contributed by atoms with Crippen molar-refractivity contribution in [1.29, 1.82) is 0 Å². The predicted molar refractivity (Wildman–Crippen MR) is 68.1 cm³/mol. The molecule has 0 saturated carbocycles. The third-order valence-corrected chi connectivity index (χ3v) is 3.11. The number of hydrogen-bond donors (Lipinski definition) is 3. The first-order valence-corrected chi connectivity index (χ1v) is 5.76. The van der Waals surface area contributed by atoms with E-state index in [1.807, 2.05) is 25.1 Å². The number of H-pyrrole nitrogens is 1. The summed E-state index contributed by atoms with van der Waals surface area (Å²) in [5.74, 6) is 0.751. The quantitative estimate of drug-likeness (QED) is 0.757. The number of methoxy groups -OCH3 is 1. The Hall–Kier alpha value is -1.52.